The standard InChI is InChI=1S/C16H20N2/c1-11(2)14-9-8-13(16(18-14)12(3)4)15-7-5-6-10-17-15/h5-12H,1-4H3. The maximum absolute atomic E-state index is 4.81. The molecule has 0 aliphatic carbocycles. The molecule has 2 nitrogen and oxygen atoms in total. The predicted molar refractivity (Wildman–Crippen MR) is 75.6 cm³/mol. The fraction of sp³-hybridized carbons (Fsp3) is 0.375. The van der Waals surface area contributed by atoms with Gasteiger partial charge in [-0.2, -0.15) is 0 Å². The van der Waals surface area contributed by atoms with E-state index in [-0.39, 0.29) is 0 Å². The third-order valence-corrected chi connectivity index (χ3v) is 3.03. The Morgan fingerprint density at radius 2 is 1.67 bits per heavy atom. The maximum Gasteiger partial charge on any atom is 0.0720 e. The minimum Gasteiger partial charge on any atom is -0.257 e. The van der Waals surface area contributed by atoms with Crippen molar-refractivity contribution in [3.05, 3.63) is 47.9 Å². The monoisotopic (exact) mass is 240 g/mol. The van der Waals surface area contributed by atoms with Gasteiger partial charge in [-0.15, -0.1) is 0 Å². The average molecular weight is 240 g/mol. The molecule has 0 bridgehead atoms. The van der Waals surface area contributed by atoms with Crippen LogP contribution < -0.4 is 0 Å². The lowest BCUT2D eigenvalue weighted by Gasteiger charge is -2.14. The van der Waals surface area contributed by atoms with E-state index < -0.39 is 0 Å². The Kier molecular flexibility index (Phi) is 3.75. The Labute approximate surface area is 109 Å². The molecule has 94 valence electrons. The largest absolute Gasteiger partial charge is 0.257 e. The molecular weight excluding hydrogens is 220 g/mol. The molecule has 18 heavy (non-hydrogen) atoms. The van der Waals surface area contributed by atoms with Crippen molar-refractivity contribution in [3.8, 4) is 11.3 Å². The highest BCUT2D eigenvalue weighted by molar-refractivity contribution is 5.62. The summed E-state index contributed by atoms with van der Waals surface area (Å²) >= 11 is 0. The Bertz CT molecular complexity index is 516. The van der Waals surface area contributed by atoms with Gasteiger partial charge in [0.15, 0.2) is 0 Å². The summed E-state index contributed by atoms with van der Waals surface area (Å²) in [6.07, 6.45) is 1.83. The smallest absolute Gasteiger partial charge is 0.0720 e. The van der Waals surface area contributed by atoms with Gasteiger partial charge in [0.2, 0.25) is 0 Å². The van der Waals surface area contributed by atoms with Crippen LogP contribution in [0.15, 0.2) is 36.5 Å². The van der Waals surface area contributed by atoms with Crippen LogP contribution in [0.25, 0.3) is 11.3 Å². The zero-order chi connectivity index (χ0) is 13.1. The van der Waals surface area contributed by atoms with Gasteiger partial charge in [-0.25, -0.2) is 0 Å². The van der Waals surface area contributed by atoms with Crippen molar-refractivity contribution in [2.45, 2.75) is 39.5 Å². The Hall–Kier alpha value is -1.70. The fourth-order valence-electron chi connectivity index (χ4n) is 1.99. The summed E-state index contributed by atoms with van der Waals surface area (Å²) in [6.45, 7) is 8.71. The summed E-state index contributed by atoms with van der Waals surface area (Å²) in [6, 6.07) is 10.3. The third-order valence-electron chi connectivity index (χ3n) is 3.03. The first kappa shape index (κ1) is 12.7. The molecule has 0 saturated carbocycles. The molecular formula is C16H20N2. The molecule has 0 saturated heterocycles. The van der Waals surface area contributed by atoms with Crippen LogP contribution in [0.2, 0.25) is 0 Å². The lowest BCUT2D eigenvalue weighted by molar-refractivity contribution is 0.766. The molecule has 0 aromatic carbocycles. The van der Waals surface area contributed by atoms with Gasteiger partial charge in [-0.1, -0.05) is 33.8 Å². The molecule has 0 amide bonds. The number of rotatable bonds is 3. The fourth-order valence-corrected chi connectivity index (χ4v) is 1.99. The molecule has 2 heterocycles. The number of aromatic nitrogens is 2. The quantitative estimate of drug-likeness (QED) is 0.795. The molecule has 2 aromatic heterocycles. The Morgan fingerprint density at radius 1 is 0.889 bits per heavy atom. The molecule has 2 rings (SSSR count). The highest BCUT2D eigenvalue weighted by atomic mass is 14.7. The molecule has 0 N–H and O–H groups in total. The van der Waals surface area contributed by atoms with E-state index in [2.05, 4.69) is 44.8 Å². The summed E-state index contributed by atoms with van der Waals surface area (Å²) in [5.74, 6) is 0.862. The van der Waals surface area contributed by atoms with Gasteiger partial charge in [-0.3, -0.25) is 9.97 Å². The minimum atomic E-state index is 0.403. The number of nitrogens with zero attached hydrogens (tertiary/aromatic N) is 2. The van der Waals surface area contributed by atoms with Crippen LogP contribution in [0.4, 0.5) is 0 Å². The number of hydrogen-bond acceptors (Lipinski definition) is 2. The lowest BCUT2D eigenvalue weighted by Crippen LogP contribution is -2.02. The minimum absolute atomic E-state index is 0.403. The molecule has 0 aliphatic heterocycles. The van der Waals surface area contributed by atoms with Gasteiger partial charge >= 0.3 is 0 Å². The van der Waals surface area contributed by atoms with E-state index >= 15 is 0 Å². The molecule has 2 heteroatoms. The SMILES string of the molecule is CC(C)c1ccc(-c2ccccn2)c(C(C)C)n1. The van der Waals surface area contributed by atoms with Crippen molar-refractivity contribution >= 4 is 0 Å². The summed E-state index contributed by atoms with van der Waals surface area (Å²) in [4.78, 5) is 9.23. The normalized spacial score (nSPS) is 11.2. The average Bonchev–Trinajstić information content (AvgIpc) is 2.39. The van der Waals surface area contributed by atoms with Gasteiger partial charge < -0.3 is 0 Å². The zero-order valence-electron chi connectivity index (χ0n) is 11.5. The summed E-state index contributed by atoms with van der Waals surface area (Å²) in [7, 11) is 0. The van der Waals surface area contributed by atoms with Crippen LogP contribution in [0.3, 0.4) is 0 Å². The lowest BCUT2D eigenvalue weighted by atomic mass is 9.98. The second-order valence-electron chi connectivity index (χ2n) is 5.19. The first-order valence-corrected chi connectivity index (χ1v) is 6.52. The van der Waals surface area contributed by atoms with Gasteiger partial charge in [-0.05, 0) is 36.1 Å². The number of hydrogen-bond donors (Lipinski definition) is 0. The first-order valence-electron chi connectivity index (χ1n) is 6.52. The van der Waals surface area contributed by atoms with E-state index in [0.29, 0.717) is 11.8 Å². The van der Waals surface area contributed by atoms with E-state index in [1.54, 1.807) is 0 Å². The molecule has 0 fully saturated rings. The van der Waals surface area contributed by atoms with Crippen molar-refractivity contribution < 1.29 is 0 Å². The van der Waals surface area contributed by atoms with Gasteiger partial charge in [0.25, 0.3) is 0 Å². The van der Waals surface area contributed by atoms with Crippen molar-refractivity contribution in [1.29, 1.82) is 0 Å². The van der Waals surface area contributed by atoms with Crippen molar-refractivity contribution in [3.63, 3.8) is 0 Å². The zero-order valence-corrected chi connectivity index (χ0v) is 11.5. The van der Waals surface area contributed by atoms with E-state index in [0.717, 1.165) is 22.6 Å². The molecule has 0 spiro atoms. The Balaban J connectivity index is 2.54. The van der Waals surface area contributed by atoms with Crippen molar-refractivity contribution in [2.75, 3.05) is 0 Å². The van der Waals surface area contributed by atoms with Crippen LogP contribution in [0.5, 0.6) is 0 Å². The van der Waals surface area contributed by atoms with Crippen molar-refractivity contribution in [1.82, 2.24) is 9.97 Å². The van der Waals surface area contributed by atoms with E-state index in [4.69, 9.17) is 4.98 Å². The Morgan fingerprint density at radius 3 is 2.22 bits per heavy atom. The topological polar surface area (TPSA) is 25.8 Å². The van der Waals surface area contributed by atoms with Crippen molar-refractivity contribution in [2.24, 2.45) is 0 Å². The van der Waals surface area contributed by atoms with E-state index in [9.17, 15) is 0 Å². The van der Waals surface area contributed by atoms with Crippen LogP contribution in [0.1, 0.15) is 50.9 Å². The van der Waals surface area contributed by atoms with E-state index in [1.165, 1.54) is 0 Å². The molecule has 0 atom stereocenters. The second-order valence-corrected chi connectivity index (χ2v) is 5.19. The molecule has 0 radical (unpaired) electrons. The summed E-state index contributed by atoms with van der Waals surface area (Å²) in [5, 5.41) is 0. The highest BCUT2D eigenvalue weighted by Crippen LogP contribution is 2.28. The third kappa shape index (κ3) is 2.58. The van der Waals surface area contributed by atoms with Crippen LogP contribution in [-0.2, 0) is 0 Å². The van der Waals surface area contributed by atoms with Crippen LogP contribution in [0, 0.1) is 0 Å². The van der Waals surface area contributed by atoms with Crippen LogP contribution in [-0.4, -0.2) is 9.97 Å². The molecule has 0 aliphatic rings. The maximum atomic E-state index is 4.81. The number of pyridine rings is 2. The van der Waals surface area contributed by atoms with Crippen LogP contribution >= 0.6 is 0 Å². The predicted octanol–water partition coefficient (Wildman–Crippen LogP) is 4.39. The van der Waals surface area contributed by atoms with Gasteiger partial charge in [0, 0.05) is 17.5 Å². The van der Waals surface area contributed by atoms with Gasteiger partial charge in [0.05, 0.1) is 11.4 Å². The van der Waals surface area contributed by atoms with Gasteiger partial charge in [0.1, 0.15) is 0 Å². The second kappa shape index (κ2) is 5.30. The summed E-state index contributed by atoms with van der Waals surface area (Å²) < 4.78 is 0. The molecule has 2 aromatic rings. The highest BCUT2D eigenvalue weighted by Gasteiger charge is 2.13. The molecule has 0 unspecified atom stereocenters. The van der Waals surface area contributed by atoms with E-state index in [1.807, 2.05) is 24.4 Å². The summed E-state index contributed by atoms with van der Waals surface area (Å²) in [5.41, 5.74) is 4.44. The first-order chi connectivity index (χ1) is 8.59.